The number of ether oxygens (including phenoxy) is 2. The quantitative estimate of drug-likeness (QED) is 0.223. The minimum absolute atomic E-state index is 0.0980. The summed E-state index contributed by atoms with van der Waals surface area (Å²) in [4.78, 5) is 30.9. The number of carbonyl (C=O) groups excluding carboxylic acids is 2. The first-order chi connectivity index (χ1) is 22.4. The van der Waals surface area contributed by atoms with Crippen molar-refractivity contribution in [2.24, 2.45) is 10.8 Å². The molecule has 246 valence electrons. The molecule has 1 heterocycles. The SMILES string of the molecule is CCOc1cc(C2C3=C(CC(C)(C)CC3=O)N(CCc3ccccc3)C3=C2C(=O)CC(C)(C)C3)cc(Br)c1OCc1ccc(F)cc1. The lowest BCUT2D eigenvalue weighted by atomic mass is 9.63. The lowest BCUT2D eigenvalue weighted by Crippen LogP contribution is -2.45. The highest BCUT2D eigenvalue weighted by molar-refractivity contribution is 9.10. The van der Waals surface area contributed by atoms with Crippen molar-refractivity contribution in [2.45, 2.75) is 79.2 Å². The van der Waals surface area contributed by atoms with Gasteiger partial charge in [0, 0.05) is 47.8 Å². The first-order valence-corrected chi connectivity index (χ1v) is 17.3. The molecule has 7 heteroatoms. The second kappa shape index (κ2) is 13.1. The Balaban J connectivity index is 1.48. The molecule has 0 N–H and O–H groups in total. The molecule has 0 spiro atoms. The molecule has 0 atom stereocenters. The lowest BCUT2D eigenvalue weighted by Gasteiger charge is -2.49. The molecule has 6 rings (SSSR count). The maximum atomic E-state index is 14.3. The fourth-order valence-electron chi connectivity index (χ4n) is 7.43. The second-order valence-corrected chi connectivity index (χ2v) is 15.5. The van der Waals surface area contributed by atoms with E-state index in [4.69, 9.17) is 9.47 Å². The summed E-state index contributed by atoms with van der Waals surface area (Å²) in [7, 11) is 0. The number of hydrogen-bond donors (Lipinski definition) is 0. The smallest absolute Gasteiger partial charge is 0.175 e. The number of benzene rings is 3. The zero-order valence-corrected chi connectivity index (χ0v) is 29.5. The van der Waals surface area contributed by atoms with Crippen LogP contribution in [0.4, 0.5) is 4.39 Å². The van der Waals surface area contributed by atoms with Crippen molar-refractivity contribution in [1.82, 2.24) is 4.90 Å². The van der Waals surface area contributed by atoms with Gasteiger partial charge in [0.25, 0.3) is 0 Å². The molecule has 47 heavy (non-hydrogen) atoms. The average Bonchev–Trinajstić information content (AvgIpc) is 2.99. The van der Waals surface area contributed by atoms with Gasteiger partial charge in [0.1, 0.15) is 12.4 Å². The van der Waals surface area contributed by atoms with Gasteiger partial charge in [0.05, 0.1) is 11.1 Å². The van der Waals surface area contributed by atoms with Crippen LogP contribution in [0.3, 0.4) is 0 Å². The maximum Gasteiger partial charge on any atom is 0.175 e. The molecule has 0 fully saturated rings. The molecule has 0 saturated carbocycles. The van der Waals surface area contributed by atoms with Crippen LogP contribution < -0.4 is 9.47 Å². The highest BCUT2D eigenvalue weighted by Crippen LogP contribution is 2.55. The monoisotopic (exact) mass is 699 g/mol. The Morgan fingerprint density at radius 1 is 0.809 bits per heavy atom. The molecule has 5 nitrogen and oxygen atoms in total. The molecule has 3 aliphatic rings. The third kappa shape index (κ3) is 6.96. The van der Waals surface area contributed by atoms with Crippen LogP contribution in [-0.4, -0.2) is 29.6 Å². The summed E-state index contributed by atoms with van der Waals surface area (Å²) in [6, 6.07) is 20.5. The third-order valence-electron chi connectivity index (χ3n) is 9.45. The summed E-state index contributed by atoms with van der Waals surface area (Å²) in [6.45, 7) is 11.9. The van der Waals surface area contributed by atoms with E-state index >= 15 is 0 Å². The highest BCUT2D eigenvalue weighted by atomic mass is 79.9. The highest BCUT2D eigenvalue weighted by Gasteiger charge is 2.49. The zero-order valence-electron chi connectivity index (χ0n) is 27.9. The number of hydrogen-bond acceptors (Lipinski definition) is 5. The number of nitrogens with zero attached hydrogens (tertiary/aromatic N) is 1. The Bertz CT molecular complexity index is 1700. The summed E-state index contributed by atoms with van der Waals surface area (Å²) < 4.78 is 26.5. The molecule has 3 aromatic carbocycles. The van der Waals surface area contributed by atoms with Crippen LogP contribution in [0.5, 0.6) is 11.5 Å². The number of halogens is 2. The Kier molecular flexibility index (Phi) is 9.23. The topological polar surface area (TPSA) is 55.8 Å². The Hall–Kier alpha value is -3.71. The van der Waals surface area contributed by atoms with E-state index in [1.807, 2.05) is 25.1 Å². The fourth-order valence-corrected chi connectivity index (χ4v) is 8.00. The van der Waals surface area contributed by atoms with Crippen LogP contribution in [0.1, 0.15) is 82.9 Å². The van der Waals surface area contributed by atoms with Gasteiger partial charge >= 0.3 is 0 Å². The van der Waals surface area contributed by atoms with Gasteiger partial charge in [-0.2, -0.15) is 0 Å². The van der Waals surface area contributed by atoms with E-state index in [9.17, 15) is 14.0 Å². The Morgan fingerprint density at radius 3 is 1.98 bits per heavy atom. The van der Waals surface area contributed by atoms with E-state index < -0.39 is 5.92 Å². The molecule has 0 bridgehead atoms. The summed E-state index contributed by atoms with van der Waals surface area (Å²) in [5.41, 5.74) is 6.03. The summed E-state index contributed by atoms with van der Waals surface area (Å²) >= 11 is 3.75. The van der Waals surface area contributed by atoms with Crippen LogP contribution in [0.25, 0.3) is 0 Å². The van der Waals surface area contributed by atoms with Gasteiger partial charge in [0.15, 0.2) is 23.1 Å². The largest absolute Gasteiger partial charge is 0.490 e. The minimum atomic E-state index is -0.498. The van der Waals surface area contributed by atoms with E-state index in [0.717, 1.165) is 52.9 Å². The predicted octanol–water partition coefficient (Wildman–Crippen LogP) is 9.49. The number of Topliss-reactive ketones (excluding diaryl/α,β-unsaturated/α-hetero) is 2. The molecular weight excluding hydrogens is 657 g/mol. The first-order valence-electron chi connectivity index (χ1n) is 16.5. The van der Waals surface area contributed by atoms with E-state index in [1.165, 1.54) is 17.7 Å². The van der Waals surface area contributed by atoms with Crippen molar-refractivity contribution in [3.05, 3.63) is 116 Å². The van der Waals surface area contributed by atoms with Crippen LogP contribution in [-0.2, 0) is 22.6 Å². The minimum Gasteiger partial charge on any atom is -0.490 e. The number of ketones is 2. The van der Waals surface area contributed by atoms with Crippen molar-refractivity contribution >= 4 is 27.5 Å². The first kappa shape index (κ1) is 33.2. The molecule has 0 radical (unpaired) electrons. The van der Waals surface area contributed by atoms with Gasteiger partial charge in [-0.25, -0.2) is 4.39 Å². The molecule has 0 amide bonds. The van der Waals surface area contributed by atoms with Crippen molar-refractivity contribution in [3.8, 4) is 11.5 Å². The average molecular weight is 701 g/mol. The van der Waals surface area contributed by atoms with Gasteiger partial charge in [-0.15, -0.1) is 0 Å². The second-order valence-electron chi connectivity index (χ2n) is 14.6. The van der Waals surface area contributed by atoms with Crippen LogP contribution in [0.2, 0.25) is 0 Å². The molecule has 1 aliphatic heterocycles. The van der Waals surface area contributed by atoms with Crippen LogP contribution in [0, 0.1) is 16.6 Å². The van der Waals surface area contributed by atoms with E-state index in [0.29, 0.717) is 42.0 Å². The number of rotatable bonds is 9. The molecular formula is C40H43BrFNO4. The molecule has 0 aromatic heterocycles. The summed E-state index contributed by atoms with van der Waals surface area (Å²) in [5.74, 6) is 0.449. The summed E-state index contributed by atoms with van der Waals surface area (Å²) in [6.07, 6.45) is 3.17. The third-order valence-corrected chi connectivity index (χ3v) is 10.0. The van der Waals surface area contributed by atoms with Crippen molar-refractivity contribution in [1.29, 1.82) is 0 Å². The normalized spacial score (nSPS) is 19.1. The number of carbonyl (C=O) groups is 2. The van der Waals surface area contributed by atoms with Gasteiger partial charge in [0.2, 0.25) is 0 Å². The van der Waals surface area contributed by atoms with Crippen molar-refractivity contribution < 1.29 is 23.5 Å². The van der Waals surface area contributed by atoms with E-state index in [-0.39, 0.29) is 34.8 Å². The summed E-state index contributed by atoms with van der Waals surface area (Å²) in [5, 5.41) is 0. The lowest BCUT2D eigenvalue weighted by molar-refractivity contribution is -0.119. The van der Waals surface area contributed by atoms with E-state index in [2.05, 4.69) is 72.8 Å². The van der Waals surface area contributed by atoms with E-state index in [1.54, 1.807) is 12.1 Å². The fraction of sp³-hybridized carbons (Fsp3) is 0.400. The predicted molar refractivity (Wildman–Crippen MR) is 186 cm³/mol. The van der Waals surface area contributed by atoms with Gasteiger partial charge in [-0.3, -0.25) is 9.59 Å². The maximum absolute atomic E-state index is 14.3. The molecule has 3 aromatic rings. The zero-order chi connectivity index (χ0) is 33.5. The van der Waals surface area contributed by atoms with Gasteiger partial charge < -0.3 is 14.4 Å². The van der Waals surface area contributed by atoms with Gasteiger partial charge in [-0.05, 0) is 93.9 Å². The molecule has 0 unspecified atom stereocenters. The standard InChI is InChI=1S/C40H43BrFNO4/c1-6-46-34-19-27(18-29(41)38(34)47-24-26-12-14-28(42)15-13-26)35-36-30(20-39(2,3)22-32(36)44)43(17-16-25-10-8-7-9-11-25)31-21-40(4,5)23-33(45)37(31)35/h7-15,18-19,35H,6,16-17,20-24H2,1-5H3. The number of allylic oxidation sites excluding steroid dienone is 4. The Morgan fingerprint density at radius 2 is 1.40 bits per heavy atom. The van der Waals surface area contributed by atoms with Crippen molar-refractivity contribution in [3.63, 3.8) is 0 Å². The van der Waals surface area contributed by atoms with Crippen LogP contribution in [0.15, 0.2) is 93.7 Å². The molecule has 0 saturated heterocycles. The Labute approximate surface area is 286 Å². The van der Waals surface area contributed by atoms with Gasteiger partial charge in [-0.1, -0.05) is 70.2 Å². The van der Waals surface area contributed by atoms with Crippen molar-refractivity contribution in [2.75, 3.05) is 13.2 Å². The molecule has 2 aliphatic carbocycles. The van der Waals surface area contributed by atoms with Crippen LogP contribution >= 0.6 is 15.9 Å².